The van der Waals surface area contributed by atoms with E-state index in [1.54, 1.807) is 10.0 Å². The molecule has 27 nitrogen and oxygen atoms in total. The van der Waals surface area contributed by atoms with Gasteiger partial charge in [0.25, 0.3) is 21.6 Å². The van der Waals surface area contributed by atoms with Crippen LogP contribution in [-0.2, 0) is 35.6 Å². The quantitative estimate of drug-likeness (QED) is 0.0168. The van der Waals surface area contributed by atoms with Crippen LogP contribution in [0.1, 0.15) is 43.1 Å². The Kier molecular flexibility index (Phi) is 25.9. The van der Waals surface area contributed by atoms with Gasteiger partial charge in [-0.05, 0) is 55.0 Å². The number of aliphatic carboxylic acids is 1. The fraction of sp³-hybridized carbons (Fsp3) is 0.214. The molecule has 5 rings (SSSR count). The van der Waals surface area contributed by atoms with Crippen LogP contribution in [-0.4, -0.2) is 127 Å². The van der Waals surface area contributed by atoms with Crippen molar-refractivity contribution in [2.75, 3.05) is 31.5 Å². The number of alkyl halides is 7. The number of urea groups is 1. The van der Waals surface area contributed by atoms with Gasteiger partial charge >= 0.3 is 43.3 Å². The molecule has 82 heavy (non-hydrogen) atoms. The lowest BCUT2D eigenvalue weighted by molar-refractivity contribution is -0.385. The number of rotatable bonds is 19. The summed E-state index contributed by atoms with van der Waals surface area (Å²) in [4.78, 5) is 80.6. The number of hydrogen-bond acceptors (Lipinski definition) is 19. The maximum absolute atomic E-state index is 12.7. The summed E-state index contributed by atoms with van der Waals surface area (Å²) in [5.41, 5.74) is 1.99. The summed E-state index contributed by atoms with van der Waals surface area (Å²) in [6, 6.07) is 10.2. The Bertz CT molecular complexity index is 3440. The average molecular weight is 1300 g/mol. The van der Waals surface area contributed by atoms with E-state index in [-0.39, 0.29) is 45.4 Å². The zero-order chi connectivity index (χ0) is 62.8. The number of anilines is 1. The van der Waals surface area contributed by atoms with Crippen LogP contribution >= 0.6 is 42.2 Å². The molecule has 0 saturated heterocycles. The van der Waals surface area contributed by atoms with Crippen LogP contribution in [0, 0.1) is 10.1 Å². The number of nitrogens with one attached hydrogen (secondary N) is 3. The number of methoxy groups -OCH3 is 1. The van der Waals surface area contributed by atoms with Gasteiger partial charge in [-0.2, -0.15) is 40.7 Å². The van der Waals surface area contributed by atoms with Crippen molar-refractivity contribution in [2.24, 2.45) is 5.73 Å². The number of amides is 3. The van der Waals surface area contributed by atoms with Crippen LogP contribution < -0.4 is 39.4 Å². The Morgan fingerprint density at radius 1 is 0.805 bits per heavy atom. The van der Waals surface area contributed by atoms with Gasteiger partial charge in [-0.25, -0.2) is 40.7 Å². The Hall–Kier alpha value is -7.86. The highest BCUT2D eigenvalue weighted by atomic mass is 35.5. The first kappa shape index (κ1) is 70.2. The lowest BCUT2D eigenvalue weighted by Crippen LogP contribution is -2.35. The van der Waals surface area contributed by atoms with Gasteiger partial charge in [-0.15, -0.1) is 0 Å². The third-order valence-electron chi connectivity index (χ3n) is 8.78. The maximum atomic E-state index is 12.7. The van der Waals surface area contributed by atoms with Gasteiger partial charge in [0, 0.05) is 25.0 Å². The van der Waals surface area contributed by atoms with Gasteiger partial charge in [0.15, 0.2) is 13.1 Å². The topological polar surface area (TPSA) is 420 Å². The maximum Gasteiger partial charge on any atom is 0.416 e. The first-order valence-electron chi connectivity index (χ1n) is 21.0. The molecule has 3 amide bonds. The highest BCUT2D eigenvalue weighted by Crippen LogP contribution is 2.38. The second-order valence-corrected chi connectivity index (χ2v) is 22.3. The largest absolute Gasteiger partial charge is 0.494 e. The number of nitrogens with two attached hydrogens (primary N) is 1. The normalized spacial score (nSPS) is 12.2. The molecule has 0 spiro atoms. The van der Waals surface area contributed by atoms with E-state index < -0.39 is 138 Å². The zero-order valence-corrected chi connectivity index (χ0v) is 45.7. The van der Waals surface area contributed by atoms with Crippen LogP contribution in [0.15, 0.2) is 83.8 Å². The van der Waals surface area contributed by atoms with E-state index >= 15 is 0 Å². The highest BCUT2D eigenvalue weighted by molar-refractivity contribution is 7.90. The van der Waals surface area contributed by atoms with Crippen molar-refractivity contribution in [1.82, 2.24) is 19.4 Å². The first-order chi connectivity index (χ1) is 37.7. The molecule has 5 aromatic rings. The Morgan fingerprint density at radius 3 is 1.82 bits per heavy atom. The third kappa shape index (κ3) is 23.7. The van der Waals surface area contributed by atoms with Crippen molar-refractivity contribution < 1.29 is 120 Å². The number of hydrogen-bond donors (Lipinski definition) is 8. The summed E-state index contributed by atoms with van der Waals surface area (Å²) in [5.74, 6) is -8.35. The second kappa shape index (κ2) is 30.3. The molecule has 0 aliphatic carbocycles. The van der Waals surface area contributed by atoms with Crippen molar-refractivity contribution >= 4 is 104 Å². The van der Waals surface area contributed by atoms with E-state index in [0.29, 0.717) is 24.5 Å². The number of nitro groups is 1. The van der Waals surface area contributed by atoms with Crippen LogP contribution in [0.2, 0.25) is 15.1 Å². The smallest absolute Gasteiger partial charge is 0.416 e. The summed E-state index contributed by atoms with van der Waals surface area (Å²) in [7, 11) is -10.5. The molecule has 4 aromatic carbocycles. The van der Waals surface area contributed by atoms with E-state index in [1.165, 1.54) is 42.8 Å². The van der Waals surface area contributed by atoms with Crippen LogP contribution in [0.25, 0.3) is 0 Å². The molecular formula is C42H38Cl3F7N7O20PS2. The van der Waals surface area contributed by atoms with E-state index in [1.807, 2.05) is 0 Å². The van der Waals surface area contributed by atoms with Crippen molar-refractivity contribution in [1.29, 1.82) is 0 Å². The molecule has 0 fully saturated rings. The number of ether oxygens (including phenoxy) is 4. The minimum atomic E-state index is -4.71. The lowest BCUT2D eigenvalue weighted by atomic mass is 10.1. The van der Waals surface area contributed by atoms with Gasteiger partial charge < -0.3 is 44.9 Å². The fourth-order valence-corrected chi connectivity index (χ4v) is 8.40. The number of halogens is 10. The first-order valence-corrected chi connectivity index (χ1v) is 27.8. The fourth-order valence-electron chi connectivity index (χ4n) is 5.41. The molecule has 1 heterocycles. The molecule has 2 unspecified atom stereocenters. The molecule has 0 bridgehead atoms. The van der Waals surface area contributed by atoms with Crippen molar-refractivity contribution in [2.45, 2.75) is 36.8 Å². The summed E-state index contributed by atoms with van der Waals surface area (Å²) in [6.45, 7) is -5.63. The highest BCUT2D eigenvalue weighted by Gasteiger charge is 2.32. The second-order valence-electron chi connectivity index (χ2n) is 15.1. The van der Waals surface area contributed by atoms with Gasteiger partial charge in [0.1, 0.15) is 33.6 Å². The Balaban J connectivity index is 0.000000405. The standard InChI is InChI=1S/C15H10ClF3N2O6S.C14H10F4N4O7S.C8H6Cl2O3.C5H12NO4P/c1-28(25,26)20-14(22)10-7-9(3-4-12(10)21(23)24)27-13-5-2-8(6-11(13)16)15(17,18)19;15-11(16)28-8-5-9(29-12(17)18)20-13(19-8)21-14(25)22-30(26,27)7-4-2-1-3-6(7)10(23)24;1-13-7-5(10)3-2-4(9)6(7)8(11)12;1-11(9,10)3-2-4(6)5(7)8/h2-7H,1H3,(H,20,22);1-5,11-12H,(H,23,24)(H2,19,20,21,22,25);2-3H,1H3,(H,11,12);4H,2-3,6H2,1H3,(H,7,8)(H,9,10). The molecule has 2 atom stereocenters. The van der Waals surface area contributed by atoms with Crippen LogP contribution in [0.3, 0.4) is 0 Å². The number of nitro benzene ring substituents is 1. The molecule has 0 aliphatic rings. The molecule has 0 aliphatic heterocycles. The molecular weight excluding hydrogens is 1260 g/mol. The number of benzene rings is 4. The number of aromatic carboxylic acids is 2. The van der Waals surface area contributed by atoms with Gasteiger partial charge in [0.2, 0.25) is 27.7 Å². The molecule has 0 saturated carbocycles. The molecule has 1 aromatic heterocycles. The van der Waals surface area contributed by atoms with E-state index in [0.717, 1.165) is 36.4 Å². The summed E-state index contributed by atoms with van der Waals surface area (Å²) >= 11 is 17.1. The van der Waals surface area contributed by atoms with Crippen molar-refractivity contribution in [3.63, 3.8) is 0 Å². The number of carbonyl (C=O) groups is 5. The minimum Gasteiger partial charge on any atom is -0.494 e. The number of carboxylic acid groups (broad SMARTS) is 3. The predicted molar refractivity (Wildman–Crippen MR) is 271 cm³/mol. The third-order valence-corrected chi connectivity index (χ3v) is 12.7. The minimum absolute atomic E-state index is 0.0412. The number of carboxylic acids is 3. The molecule has 448 valence electrons. The lowest BCUT2D eigenvalue weighted by Gasteiger charge is -2.12. The average Bonchev–Trinajstić information content (AvgIpc) is 3.54. The van der Waals surface area contributed by atoms with Crippen molar-refractivity contribution in [3.05, 3.63) is 126 Å². The summed E-state index contributed by atoms with van der Waals surface area (Å²) in [5, 5.41) is 38.8. The van der Waals surface area contributed by atoms with E-state index in [9.17, 15) is 86.2 Å². The number of carbonyl (C=O) groups excluding carboxylic acids is 2. The zero-order valence-electron chi connectivity index (χ0n) is 40.9. The Morgan fingerprint density at radius 2 is 1.37 bits per heavy atom. The molecule has 40 heteroatoms. The Labute approximate surface area is 470 Å². The van der Waals surface area contributed by atoms with E-state index in [4.69, 9.17) is 70.2 Å². The summed E-state index contributed by atoms with van der Waals surface area (Å²) < 4.78 is 166. The van der Waals surface area contributed by atoms with Crippen LogP contribution in [0.4, 0.5) is 47.2 Å². The van der Waals surface area contributed by atoms with Crippen molar-refractivity contribution in [3.8, 4) is 29.0 Å². The SMILES string of the molecule is COc1c(Cl)ccc(Cl)c1C(=O)O.CP(=O)(O)CCC(N)C(=O)O.CS(=O)(=O)NC(=O)c1cc(Oc2ccc(C(F)(F)F)cc2Cl)ccc1[N+](=O)[O-].O=C(Nc1nc(OC(F)F)cc(OC(F)F)n1)NS(=O)(=O)c1ccccc1C(=O)O. The van der Waals surface area contributed by atoms with Crippen LogP contribution in [0.5, 0.6) is 29.0 Å². The molecule has 9 N–H and O–H groups in total. The van der Waals surface area contributed by atoms with Gasteiger partial charge in [-0.3, -0.25) is 29.6 Å². The predicted octanol–water partition coefficient (Wildman–Crippen LogP) is 8.03. The summed E-state index contributed by atoms with van der Waals surface area (Å²) in [6.07, 6.45) is -3.94. The van der Waals surface area contributed by atoms with Gasteiger partial charge in [-0.1, -0.05) is 46.9 Å². The molecule has 0 radical (unpaired) electrons. The number of sulfonamides is 2. The number of aromatic nitrogens is 2. The van der Waals surface area contributed by atoms with E-state index in [2.05, 4.69) is 19.4 Å². The van der Waals surface area contributed by atoms with Gasteiger partial charge in [0.05, 0.1) is 50.6 Å². The monoisotopic (exact) mass is 1290 g/mol. The number of nitrogens with zero attached hydrogens (tertiary/aromatic N) is 3.